The minimum absolute atomic E-state index is 0.0308. The Morgan fingerprint density at radius 2 is 2.06 bits per heavy atom. The number of carbonyl (C=O) groups is 2. The van der Waals surface area contributed by atoms with E-state index in [1.807, 2.05) is 6.92 Å². The van der Waals surface area contributed by atoms with E-state index in [9.17, 15) is 9.59 Å². The van der Waals surface area contributed by atoms with E-state index in [2.05, 4.69) is 10.6 Å². The highest BCUT2D eigenvalue weighted by Crippen LogP contribution is 2.19. The van der Waals surface area contributed by atoms with Gasteiger partial charge in [0.05, 0.1) is 5.56 Å². The van der Waals surface area contributed by atoms with Crippen LogP contribution in [-0.4, -0.2) is 23.7 Å². The summed E-state index contributed by atoms with van der Waals surface area (Å²) in [4.78, 5) is 22.1. The van der Waals surface area contributed by atoms with Gasteiger partial charge in [0.25, 0.3) is 0 Å². The minimum Gasteiger partial charge on any atom is -0.478 e. The molecule has 0 unspecified atom stereocenters. The smallest absolute Gasteiger partial charge is 0.335 e. The first kappa shape index (κ1) is 13.3. The van der Waals surface area contributed by atoms with Crippen LogP contribution in [0.3, 0.4) is 0 Å². The van der Waals surface area contributed by atoms with Gasteiger partial charge in [0.1, 0.15) is 0 Å². The molecule has 0 spiro atoms. The second-order valence-corrected chi connectivity index (χ2v) is 3.85. The van der Waals surface area contributed by atoms with Gasteiger partial charge in [-0.3, -0.25) is 0 Å². The average Bonchev–Trinajstić information content (AvgIpc) is 2.25. The number of aromatic carboxylic acids is 1. The molecule has 3 N–H and O–H groups in total. The number of benzene rings is 1. The number of urea groups is 1. The zero-order chi connectivity index (χ0) is 12.8. The van der Waals surface area contributed by atoms with Gasteiger partial charge < -0.3 is 15.7 Å². The predicted octanol–water partition coefficient (Wildman–Crippen LogP) is 2.57. The first-order valence-electron chi connectivity index (χ1n) is 5.11. The third-order valence-corrected chi connectivity index (χ3v) is 2.16. The van der Waals surface area contributed by atoms with Crippen LogP contribution in [0.25, 0.3) is 0 Å². The second-order valence-electron chi connectivity index (χ2n) is 3.41. The normalized spacial score (nSPS) is 9.76. The van der Waals surface area contributed by atoms with Crippen LogP contribution in [-0.2, 0) is 0 Å². The highest BCUT2D eigenvalue weighted by Gasteiger charge is 2.08. The van der Waals surface area contributed by atoms with Crippen molar-refractivity contribution < 1.29 is 14.7 Å². The number of carboxylic acids is 1. The lowest BCUT2D eigenvalue weighted by Crippen LogP contribution is -2.29. The van der Waals surface area contributed by atoms with Gasteiger partial charge >= 0.3 is 12.0 Å². The monoisotopic (exact) mass is 256 g/mol. The molecule has 0 fully saturated rings. The van der Waals surface area contributed by atoms with Gasteiger partial charge in [0.2, 0.25) is 0 Å². The summed E-state index contributed by atoms with van der Waals surface area (Å²) in [5.41, 5.74) is 0.381. The number of anilines is 1. The van der Waals surface area contributed by atoms with Crippen molar-refractivity contribution in [2.45, 2.75) is 13.3 Å². The summed E-state index contributed by atoms with van der Waals surface area (Å²) < 4.78 is 0. The number of hydrogen-bond donors (Lipinski definition) is 3. The molecule has 0 saturated heterocycles. The summed E-state index contributed by atoms with van der Waals surface area (Å²) in [7, 11) is 0. The zero-order valence-electron chi connectivity index (χ0n) is 9.29. The summed E-state index contributed by atoms with van der Waals surface area (Å²) >= 11 is 5.75. The van der Waals surface area contributed by atoms with E-state index in [0.717, 1.165) is 6.42 Å². The van der Waals surface area contributed by atoms with Crippen LogP contribution in [0.1, 0.15) is 23.7 Å². The number of carboxylic acid groups (broad SMARTS) is 1. The molecule has 1 aromatic rings. The SMILES string of the molecule is CCCNC(=O)Nc1cc(Cl)cc(C(=O)O)c1. The van der Waals surface area contributed by atoms with E-state index < -0.39 is 5.97 Å². The van der Waals surface area contributed by atoms with Gasteiger partial charge in [-0.05, 0) is 24.6 Å². The fourth-order valence-corrected chi connectivity index (χ4v) is 1.43. The first-order valence-corrected chi connectivity index (χ1v) is 5.49. The van der Waals surface area contributed by atoms with Crippen LogP contribution in [0.15, 0.2) is 18.2 Å². The van der Waals surface area contributed by atoms with Crippen LogP contribution in [0.5, 0.6) is 0 Å². The van der Waals surface area contributed by atoms with Crippen molar-refractivity contribution in [3.63, 3.8) is 0 Å². The third-order valence-electron chi connectivity index (χ3n) is 1.94. The summed E-state index contributed by atoms with van der Waals surface area (Å²) in [6.45, 7) is 2.49. The van der Waals surface area contributed by atoms with Crippen molar-refractivity contribution >= 4 is 29.3 Å². The Morgan fingerprint density at radius 1 is 1.35 bits per heavy atom. The van der Waals surface area contributed by atoms with Crippen LogP contribution >= 0.6 is 11.6 Å². The lowest BCUT2D eigenvalue weighted by molar-refractivity contribution is 0.0697. The Bertz CT molecular complexity index is 435. The van der Waals surface area contributed by atoms with E-state index in [1.54, 1.807) is 0 Å². The standard InChI is InChI=1S/C11H13ClN2O3/c1-2-3-13-11(17)14-9-5-7(10(15)16)4-8(12)6-9/h4-6H,2-3H2,1H3,(H,15,16)(H2,13,14,17). The Kier molecular flexibility index (Phi) is 4.78. The van der Waals surface area contributed by atoms with E-state index in [0.29, 0.717) is 12.2 Å². The van der Waals surface area contributed by atoms with E-state index in [1.165, 1.54) is 18.2 Å². The summed E-state index contributed by atoms with van der Waals surface area (Å²) in [6, 6.07) is 3.77. The van der Waals surface area contributed by atoms with Crippen molar-refractivity contribution in [3.05, 3.63) is 28.8 Å². The highest BCUT2D eigenvalue weighted by atomic mass is 35.5. The Morgan fingerprint density at radius 3 is 2.65 bits per heavy atom. The van der Waals surface area contributed by atoms with Crippen LogP contribution < -0.4 is 10.6 Å². The highest BCUT2D eigenvalue weighted by molar-refractivity contribution is 6.31. The fourth-order valence-electron chi connectivity index (χ4n) is 1.20. The summed E-state index contributed by atoms with van der Waals surface area (Å²) in [5.74, 6) is -1.09. The Hall–Kier alpha value is -1.75. The third kappa shape index (κ3) is 4.32. The fraction of sp³-hybridized carbons (Fsp3) is 0.273. The van der Waals surface area contributed by atoms with Gasteiger partial charge in [-0.15, -0.1) is 0 Å². The lowest BCUT2D eigenvalue weighted by atomic mass is 10.2. The van der Waals surface area contributed by atoms with Gasteiger partial charge in [-0.1, -0.05) is 18.5 Å². The molecule has 0 aliphatic carbocycles. The molecule has 0 aromatic heterocycles. The van der Waals surface area contributed by atoms with Crippen molar-refractivity contribution in [1.29, 1.82) is 0 Å². The largest absolute Gasteiger partial charge is 0.478 e. The van der Waals surface area contributed by atoms with Gasteiger partial charge in [-0.25, -0.2) is 9.59 Å². The number of amides is 2. The molecule has 0 bridgehead atoms. The van der Waals surface area contributed by atoms with Crippen LogP contribution in [0.2, 0.25) is 5.02 Å². The maximum atomic E-state index is 11.4. The molecule has 0 aliphatic heterocycles. The molecule has 17 heavy (non-hydrogen) atoms. The van der Waals surface area contributed by atoms with E-state index >= 15 is 0 Å². The zero-order valence-corrected chi connectivity index (χ0v) is 10.0. The molecular weight excluding hydrogens is 244 g/mol. The van der Waals surface area contributed by atoms with Crippen molar-refractivity contribution in [2.75, 3.05) is 11.9 Å². The lowest BCUT2D eigenvalue weighted by Gasteiger charge is -2.07. The molecule has 2 amide bonds. The molecular formula is C11H13ClN2O3. The van der Waals surface area contributed by atoms with Gasteiger partial charge in [0.15, 0.2) is 0 Å². The molecule has 92 valence electrons. The maximum absolute atomic E-state index is 11.4. The molecule has 5 nitrogen and oxygen atoms in total. The maximum Gasteiger partial charge on any atom is 0.335 e. The molecule has 0 atom stereocenters. The minimum atomic E-state index is -1.09. The second kappa shape index (κ2) is 6.10. The number of hydrogen-bond acceptors (Lipinski definition) is 2. The first-order chi connectivity index (χ1) is 8.02. The molecule has 0 aliphatic rings. The quantitative estimate of drug-likeness (QED) is 0.775. The van der Waals surface area contributed by atoms with Crippen molar-refractivity contribution in [1.82, 2.24) is 5.32 Å². The topological polar surface area (TPSA) is 78.4 Å². The van der Waals surface area contributed by atoms with Crippen LogP contribution in [0.4, 0.5) is 10.5 Å². The average molecular weight is 257 g/mol. The molecule has 1 rings (SSSR count). The summed E-state index contributed by atoms with van der Waals surface area (Å²) in [5, 5.41) is 14.2. The number of nitrogens with one attached hydrogen (secondary N) is 2. The Balaban J connectivity index is 2.77. The van der Waals surface area contributed by atoms with E-state index in [4.69, 9.17) is 16.7 Å². The molecule has 0 heterocycles. The number of rotatable bonds is 4. The molecule has 6 heteroatoms. The predicted molar refractivity (Wildman–Crippen MR) is 65.7 cm³/mol. The Labute approximate surface area is 104 Å². The van der Waals surface area contributed by atoms with Crippen molar-refractivity contribution in [3.8, 4) is 0 Å². The van der Waals surface area contributed by atoms with Gasteiger partial charge in [0, 0.05) is 17.3 Å². The molecule has 0 radical (unpaired) electrons. The van der Waals surface area contributed by atoms with Crippen molar-refractivity contribution in [2.24, 2.45) is 0 Å². The van der Waals surface area contributed by atoms with Crippen LogP contribution in [0, 0.1) is 0 Å². The number of carbonyl (C=O) groups excluding carboxylic acids is 1. The van der Waals surface area contributed by atoms with E-state index in [-0.39, 0.29) is 16.6 Å². The van der Waals surface area contributed by atoms with Gasteiger partial charge in [-0.2, -0.15) is 0 Å². The molecule has 0 saturated carbocycles. The molecule has 1 aromatic carbocycles. The summed E-state index contributed by atoms with van der Waals surface area (Å²) in [6.07, 6.45) is 0.823. The number of halogens is 1.